The minimum atomic E-state index is -0.613. The van der Waals surface area contributed by atoms with E-state index < -0.39 is 6.10 Å². The van der Waals surface area contributed by atoms with Gasteiger partial charge >= 0.3 is 5.63 Å². The van der Waals surface area contributed by atoms with E-state index in [1.54, 1.807) is 6.07 Å². The van der Waals surface area contributed by atoms with E-state index in [9.17, 15) is 20.1 Å². The van der Waals surface area contributed by atoms with Crippen molar-refractivity contribution in [3.63, 3.8) is 0 Å². The Morgan fingerprint density at radius 2 is 1.93 bits per heavy atom. The molecule has 0 aromatic carbocycles. The summed E-state index contributed by atoms with van der Waals surface area (Å²) in [6.45, 7) is 2.43. The Hall–Kier alpha value is -1.21. The summed E-state index contributed by atoms with van der Waals surface area (Å²) in [6.07, 6.45) is 6.88. The second-order valence-electron chi connectivity index (χ2n) is 11.0. The third-order valence-corrected chi connectivity index (χ3v) is 10.2. The highest BCUT2D eigenvalue weighted by Gasteiger charge is 2.83. The summed E-state index contributed by atoms with van der Waals surface area (Å²) in [4.78, 5) is 11.5. The number of aliphatic hydroxyl groups is 3. The molecule has 6 nitrogen and oxygen atoms in total. The molecule has 1 spiro atoms. The molecule has 6 rings (SSSR count). The summed E-state index contributed by atoms with van der Waals surface area (Å²) < 4.78 is 11.6. The molecule has 1 saturated heterocycles. The zero-order valence-corrected chi connectivity index (χ0v) is 17.5. The highest BCUT2D eigenvalue weighted by molar-refractivity contribution is 5.38. The summed E-state index contributed by atoms with van der Waals surface area (Å²) in [5.74, 6) is 0.940. The van der Waals surface area contributed by atoms with Gasteiger partial charge < -0.3 is 24.5 Å². The van der Waals surface area contributed by atoms with Gasteiger partial charge in [0.15, 0.2) is 0 Å². The molecule has 3 N–H and O–H groups in total. The summed E-state index contributed by atoms with van der Waals surface area (Å²) in [6, 6.07) is 3.23. The molecule has 5 fully saturated rings. The van der Waals surface area contributed by atoms with Gasteiger partial charge in [-0.3, -0.25) is 0 Å². The topological polar surface area (TPSA) is 103 Å². The van der Waals surface area contributed by atoms with Gasteiger partial charge in [0.2, 0.25) is 0 Å². The molecule has 1 aliphatic heterocycles. The van der Waals surface area contributed by atoms with E-state index >= 15 is 0 Å². The van der Waals surface area contributed by atoms with Gasteiger partial charge in [-0.15, -0.1) is 0 Å². The van der Waals surface area contributed by atoms with Crippen LogP contribution in [0, 0.1) is 28.6 Å². The van der Waals surface area contributed by atoms with Gasteiger partial charge in [0.05, 0.1) is 18.5 Å². The Morgan fingerprint density at radius 1 is 1.10 bits per heavy atom. The van der Waals surface area contributed by atoms with Gasteiger partial charge in [-0.2, -0.15) is 0 Å². The first-order valence-corrected chi connectivity index (χ1v) is 11.6. The highest BCUT2D eigenvalue weighted by Crippen LogP contribution is 2.77. The van der Waals surface area contributed by atoms with Crippen molar-refractivity contribution in [3.05, 3.63) is 34.4 Å². The third-order valence-electron chi connectivity index (χ3n) is 10.2. The van der Waals surface area contributed by atoms with E-state index in [1.165, 1.54) is 12.3 Å². The van der Waals surface area contributed by atoms with Crippen LogP contribution in [0.5, 0.6) is 0 Å². The lowest BCUT2D eigenvalue weighted by Crippen LogP contribution is -2.60. The maximum Gasteiger partial charge on any atom is 0.335 e. The predicted molar refractivity (Wildman–Crippen MR) is 108 cm³/mol. The Bertz CT molecular complexity index is 893. The van der Waals surface area contributed by atoms with Crippen molar-refractivity contribution in [1.82, 2.24) is 0 Å². The lowest BCUT2D eigenvalue weighted by Gasteiger charge is -2.61. The highest BCUT2D eigenvalue weighted by atomic mass is 16.6. The van der Waals surface area contributed by atoms with Crippen LogP contribution < -0.4 is 5.63 Å². The summed E-state index contributed by atoms with van der Waals surface area (Å²) in [7, 11) is 0. The number of epoxide rings is 1. The molecular formula is C24H32O6. The molecule has 6 heteroatoms. The molecule has 2 heterocycles. The first-order chi connectivity index (χ1) is 14.4. The van der Waals surface area contributed by atoms with Crippen molar-refractivity contribution in [2.75, 3.05) is 6.61 Å². The maximum atomic E-state index is 11.5. The van der Waals surface area contributed by atoms with Crippen LogP contribution in [-0.2, 0) is 4.74 Å². The van der Waals surface area contributed by atoms with Crippen LogP contribution in [0.2, 0.25) is 0 Å². The minimum Gasteiger partial charge on any atom is -0.431 e. The van der Waals surface area contributed by atoms with Crippen molar-refractivity contribution < 1.29 is 24.5 Å². The van der Waals surface area contributed by atoms with E-state index in [1.807, 2.05) is 0 Å². The molecule has 1 aromatic rings. The summed E-state index contributed by atoms with van der Waals surface area (Å²) >= 11 is 0. The van der Waals surface area contributed by atoms with E-state index in [2.05, 4.69) is 6.92 Å². The molecule has 0 bridgehead atoms. The second kappa shape index (κ2) is 6.18. The van der Waals surface area contributed by atoms with Crippen LogP contribution in [0.15, 0.2) is 27.6 Å². The van der Waals surface area contributed by atoms with Crippen LogP contribution in [0.4, 0.5) is 0 Å². The van der Waals surface area contributed by atoms with Crippen molar-refractivity contribution in [2.24, 2.45) is 28.6 Å². The zero-order valence-electron chi connectivity index (χ0n) is 17.5. The van der Waals surface area contributed by atoms with Gasteiger partial charge in [-0.1, -0.05) is 6.92 Å². The quantitative estimate of drug-likeness (QED) is 0.639. The van der Waals surface area contributed by atoms with E-state index in [0.29, 0.717) is 17.8 Å². The number of aliphatic hydroxyl groups excluding tert-OH is 3. The van der Waals surface area contributed by atoms with Gasteiger partial charge in [0.25, 0.3) is 0 Å². The van der Waals surface area contributed by atoms with Gasteiger partial charge in [0.1, 0.15) is 11.7 Å². The molecule has 0 unspecified atom stereocenters. The largest absolute Gasteiger partial charge is 0.431 e. The molecule has 1 aromatic heterocycles. The number of rotatable bonds is 2. The van der Waals surface area contributed by atoms with E-state index in [4.69, 9.17) is 9.15 Å². The second-order valence-corrected chi connectivity index (χ2v) is 11.0. The van der Waals surface area contributed by atoms with Crippen molar-refractivity contribution in [1.29, 1.82) is 0 Å². The summed E-state index contributed by atoms with van der Waals surface area (Å²) in [5.41, 5.74) is -0.213. The molecule has 0 radical (unpaired) electrons. The Morgan fingerprint density at radius 3 is 2.67 bits per heavy atom. The SMILES string of the molecule is C[C@]12CC[C@H]3[C@@H](CC[C@@H]4C[C@H](O)CC[C@@]43CO)[C@]13O[C@@H]3[C@H](O)[C@@H]2c1ccc(=O)oc1. The zero-order chi connectivity index (χ0) is 20.9. The molecule has 164 valence electrons. The van der Waals surface area contributed by atoms with Crippen LogP contribution >= 0.6 is 0 Å². The normalized spacial score (nSPS) is 53.9. The van der Waals surface area contributed by atoms with Crippen molar-refractivity contribution in [2.45, 2.75) is 81.7 Å². The fraction of sp³-hybridized carbons (Fsp3) is 0.792. The third kappa shape index (κ3) is 2.16. The van der Waals surface area contributed by atoms with E-state index in [0.717, 1.165) is 50.5 Å². The molecule has 4 aliphatic carbocycles. The van der Waals surface area contributed by atoms with Gasteiger partial charge in [-0.05, 0) is 79.7 Å². The number of ether oxygens (including phenoxy) is 1. The first kappa shape index (κ1) is 19.5. The monoisotopic (exact) mass is 416 g/mol. The Labute approximate surface area is 176 Å². The predicted octanol–water partition coefficient (Wildman–Crippen LogP) is 2.20. The minimum absolute atomic E-state index is 0.113. The van der Waals surface area contributed by atoms with Crippen molar-refractivity contribution in [3.8, 4) is 0 Å². The van der Waals surface area contributed by atoms with Gasteiger partial charge in [-0.25, -0.2) is 4.79 Å². The molecule has 5 aliphatic rings. The molecule has 10 atom stereocenters. The van der Waals surface area contributed by atoms with Crippen LogP contribution in [0.25, 0.3) is 0 Å². The number of hydrogen-bond acceptors (Lipinski definition) is 6. The average molecular weight is 417 g/mol. The smallest absolute Gasteiger partial charge is 0.335 e. The molecule has 0 amide bonds. The lowest BCUT2D eigenvalue weighted by atomic mass is 9.43. The van der Waals surface area contributed by atoms with Crippen LogP contribution in [-0.4, -0.2) is 45.8 Å². The average Bonchev–Trinajstić information content (AvgIpc) is 3.45. The maximum absolute atomic E-state index is 11.5. The number of hydrogen-bond donors (Lipinski definition) is 3. The summed E-state index contributed by atoms with van der Waals surface area (Å²) in [5, 5.41) is 32.1. The molecule has 30 heavy (non-hydrogen) atoms. The standard InChI is InChI=1S/C24H32O6/c1-22-8-7-16-17(4-3-14-10-15(26)6-9-23(14,16)12-25)24(22)21(30-24)20(28)19(22)13-2-5-18(27)29-11-13/h2,5,11,14-17,19-21,25-26,28H,3-4,6-10,12H2,1H3/t14-,15-,16+,17-,19+,20-,21-,22-,23-,24-/m1/s1. The van der Waals surface area contributed by atoms with Crippen LogP contribution in [0.3, 0.4) is 0 Å². The Balaban J connectivity index is 1.39. The van der Waals surface area contributed by atoms with Crippen molar-refractivity contribution >= 4 is 0 Å². The Kier molecular flexibility index (Phi) is 4.01. The lowest BCUT2D eigenvalue weighted by molar-refractivity contribution is -0.165. The van der Waals surface area contributed by atoms with Crippen LogP contribution in [0.1, 0.15) is 63.4 Å². The fourth-order valence-corrected chi connectivity index (χ4v) is 8.92. The fourth-order valence-electron chi connectivity index (χ4n) is 8.92. The molecular weight excluding hydrogens is 384 g/mol. The number of fused-ring (bicyclic) bond motifs is 3. The van der Waals surface area contributed by atoms with Gasteiger partial charge in [0, 0.05) is 24.0 Å². The van der Waals surface area contributed by atoms with E-state index in [-0.39, 0.29) is 46.8 Å². The first-order valence-electron chi connectivity index (χ1n) is 11.6. The molecule has 4 saturated carbocycles.